The van der Waals surface area contributed by atoms with Crippen molar-refractivity contribution < 1.29 is 28.6 Å². The van der Waals surface area contributed by atoms with E-state index >= 15 is 0 Å². The van der Waals surface area contributed by atoms with Gasteiger partial charge >= 0.3 is 17.9 Å². The molecule has 0 heterocycles. The van der Waals surface area contributed by atoms with Crippen LogP contribution in [-0.4, -0.2) is 37.2 Å². The average Bonchev–Trinajstić information content (AvgIpc) is 3.33. The fraction of sp³-hybridized carbons (Fsp3) is 0.852. The van der Waals surface area contributed by atoms with Gasteiger partial charge in [0.05, 0.1) is 0 Å². The number of hydrogen-bond donors (Lipinski definition) is 0. The van der Waals surface area contributed by atoms with Gasteiger partial charge in [-0.05, 0) is 89.9 Å². The number of allylic oxidation sites excluding steroid dienone is 6. The third kappa shape index (κ3) is 54.4. The van der Waals surface area contributed by atoms with Crippen LogP contribution in [0.5, 0.6) is 0 Å². The van der Waals surface area contributed by atoms with E-state index in [0.29, 0.717) is 19.3 Å². The van der Waals surface area contributed by atoms with Gasteiger partial charge in [-0.2, -0.15) is 0 Å². The number of esters is 3. The molecule has 0 aliphatic rings. The summed E-state index contributed by atoms with van der Waals surface area (Å²) in [6.07, 6.45) is 67.1. The smallest absolute Gasteiger partial charge is 0.306 e. The Labute approximate surface area is 416 Å². The van der Waals surface area contributed by atoms with Crippen LogP contribution < -0.4 is 0 Å². The molecule has 0 aromatic heterocycles. The number of carbonyl (C=O) groups is 3. The maximum atomic E-state index is 12.8. The van der Waals surface area contributed by atoms with Crippen molar-refractivity contribution in [1.82, 2.24) is 0 Å². The highest BCUT2D eigenvalue weighted by Gasteiger charge is 2.19. The molecular formula is C61H112O6. The molecule has 0 unspecified atom stereocenters. The van der Waals surface area contributed by atoms with Crippen LogP contribution in [0.1, 0.15) is 316 Å². The van der Waals surface area contributed by atoms with Crippen molar-refractivity contribution in [3.63, 3.8) is 0 Å². The van der Waals surface area contributed by atoms with E-state index in [9.17, 15) is 14.4 Å². The minimum absolute atomic E-state index is 0.0749. The molecule has 0 bridgehead atoms. The molecule has 6 heteroatoms. The van der Waals surface area contributed by atoms with Gasteiger partial charge < -0.3 is 14.2 Å². The molecule has 0 aromatic rings. The van der Waals surface area contributed by atoms with Gasteiger partial charge in [0.25, 0.3) is 0 Å². The van der Waals surface area contributed by atoms with Crippen LogP contribution >= 0.6 is 0 Å². The quantitative estimate of drug-likeness (QED) is 0.0262. The molecule has 0 amide bonds. The molecule has 0 spiro atoms. The molecule has 0 saturated heterocycles. The number of rotatable bonds is 54. The van der Waals surface area contributed by atoms with Crippen molar-refractivity contribution >= 4 is 17.9 Å². The average molecular weight is 942 g/mol. The van der Waals surface area contributed by atoms with Gasteiger partial charge in [0, 0.05) is 19.3 Å². The fourth-order valence-electron chi connectivity index (χ4n) is 8.59. The molecule has 67 heavy (non-hydrogen) atoms. The van der Waals surface area contributed by atoms with Gasteiger partial charge in [-0.3, -0.25) is 14.4 Å². The first-order chi connectivity index (χ1) is 33.0. The highest BCUT2D eigenvalue weighted by atomic mass is 16.6. The fourth-order valence-corrected chi connectivity index (χ4v) is 8.59. The molecule has 0 aliphatic heterocycles. The lowest BCUT2D eigenvalue weighted by atomic mass is 10.1. The lowest BCUT2D eigenvalue weighted by molar-refractivity contribution is -0.167. The Morgan fingerprint density at radius 2 is 0.507 bits per heavy atom. The first-order valence-corrected chi connectivity index (χ1v) is 29.5. The SMILES string of the molecule is CCCC/C=C\CCCCCCCC(=O)OC(COC(=O)CCCCCCCCCCC/C=C\CCCCCCCC)COC(=O)CCCCCCCCCCC/C=C\CCCCCCCC. The Balaban J connectivity index is 4.27. The highest BCUT2D eigenvalue weighted by molar-refractivity contribution is 5.71. The second-order valence-electron chi connectivity index (χ2n) is 19.9. The minimum Gasteiger partial charge on any atom is -0.462 e. The van der Waals surface area contributed by atoms with E-state index in [1.807, 2.05) is 0 Å². The molecule has 0 N–H and O–H groups in total. The van der Waals surface area contributed by atoms with Gasteiger partial charge in [-0.1, -0.05) is 243 Å². The van der Waals surface area contributed by atoms with E-state index < -0.39 is 6.10 Å². The summed E-state index contributed by atoms with van der Waals surface area (Å²) in [6.45, 7) is 6.62. The number of carbonyl (C=O) groups excluding carboxylic acids is 3. The lowest BCUT2D eigenvalue weighted by Crippen LogP contribution is -2.30. The highest BCUT2D eigenvalue weighted by Crippen LogP contribution is 2.16. The standard InChI is InChI=1S/C61H112O6/c1-4-7-10-13-16-19-22-24-26-28-30-32-34-36-39-41-44-47-50-53-59(62)65-56-58(67-61(64)55-52-49-46-43-38-21-18-15-12-9-6-3)57-66-60(63)54-51-48-45-42-40-37-35-33-31-29-27-25-23-20-17-14-11-8-5-2/h15,18,24-27,58H,4-14,16-17,19-23,28-57H2,1-3H3/b18-15-,26-24-,27-25-. The van der Waals surface area contributed by atoms with E-state index in [1.54, 1.807) is 0 Å². The largest absolute Gasteiger partial charge is 0.462 e. The summed E-state index contributed by atoms with van der Waals surface area (Å²) >= 11 is 0. The zero-order valence-electron chi connectivity index (χ0n) is 44.9. The Kier molecular flexibility index (Phi) is 54.2. The Hall–Kier alpha value is -2.37. The summed E-state index contributed by atoms with van der Waals surface area (Å²) in [5, 5.41) is 0. The predicted octanol–water partition coefficient (Wildman–Crippen LogP) is 19.7. The van der Waals surface area contributed by atoms with Crippen molar-refractivity contribution in [2.24, 2.45) is 0 Å². The molecule has 0 atom stereocenters. The molecule has 0 saturated carbocycles. The first kappa shape index (κ1) is 64.6. The van der Waals surface area contributed by atoms with E-state index in [1.165, 1.54) is 205 Å². The molecule has 0 rings (SSSR count). The monoisotopic (exact) mass is 941 g/mol. The van der Waals surface area contributed by atoms with Crippen LogP contribution in [0.25, 0.3) is 0 Å². The van der Waals surface area contributed by atoms with E-state index in [2.05, 4.69) is 57.2 Å². The molecule has 0 aliphatic carbocycles. The predicted molar refractivity (Wildman–Crippen MR) is 289 cm³/mol. The molecular weight excluding hydrogens is 829 g/mol. The van der Waals surface area contributed by atoms with Crippen molar-refractivity contribution in [3.8, 4) is 0 Å². The van der Waals surface area contributed by atoms with Crippen LogP contribution in [0.15, 0.2) is 36.5 Å². The third-order valence-corrected chi connectivity index (χ3v) is 13.1. The van der Waals surface area contributed by atoms with E-state index in [0.717, 1.165) is 70.6 Å². The normalized spacial score (nSPS) is 11.8. The number of ether oxygens (including phenoxy) is 3. The molecule has 0 fully saturated rings. The Morgan fingerprint density at radius 3 is 0.791 bits per heavy atom. The van der Waals surface area contributed by atoms with Gasteiger partial charge in [-0.15, -0.1) is 0 Å². The summed E-state index contributed by atoms with van der Waals surface area (Å²) in [5.74, 6) is -0.873. The van der Waals surface area contributed by atoms with E-state index in [-0.39, 0.29) is 31.1 Å². The Morgan fingerprint density at radius 1 is 0.284 bits per heavy atom. The van der Waals surface area contributed by atoms with Crippen LogP contribution in [0.3, 0.4) is 0 Å². The lowest BCUT2D eigenvalue weighted by Gasteiger charge is -2.18. The third-order valence-electron chi connectivity index (χ3n) is 13.1. The zero-order chi connectivity index (χ0) is 48.6. The zero-order valence-corrected chi connectivity index (χ0v) is 44.9. The number of unbranched alkanes of at least 4 members (excludes halogenated alkanes) is 37. The van der Waals surface area contributed by atoms with Crippen LogP contribution in [0.2, 0.25) is 0 Å². The number of hydrogen-bond acceptors (Lipinski definition) is 6. The summed E-state index contributed by atoms with van der Waals surface area (Å²) in [7, 11) is 0. The van der Waals surface area contributed by atoms with Crippen LogP contribution in [0.4, 0.5) is 0 Å². The van der Waals surface area contributed by atoms with E-state index in [4.69, 9.17) is 14.2 Å². The minimum atomic E-state index is -0.776. The van der Waals surface area contributed by atoms with Gasteiger partial charge in [-0.25, -0.2) is 0 Å². The topological polar surface area (TPSA) is 78.9 Å². The Bertz CT molecular complexity index is 1060. The van der Waals surface area contributed by atoms with Crippen molar-refractivity contribution in [3.05, 3.63) is 36.5 Å². The summed E-state index contributed by atoms with van der Waals surface area (Å²) in [4.78, 5) is 38.1. The summed E-state index contributed by atoms with van der Waals surface area (Å²) in [6, 6.07) is 0. The van der Waals surface area contributed by atoms with Gasteiger partial charge in [0.2, 0.25) is 0 Å². The van der Waals surface area contributed by atoms with Gasteiger partial charge in [0.1, 0.15) is 13.2 Å². The second-order valence-corrected chi connectivity index (χ2v) is 19.9. The van der Waals surface area contributed by atoms with Crippen molar-refractivity contribution in [1.29, 1.82) is 0 Å². The second kappa shape index (κ2) is 56.2. The van der Waals surface area contributed by atoms with Crippen LogP contribution in [0, 0.1) is 0 Å². The van der Waals surface area contributed by atoms with Crippen molar-refractivity contribution in [2.45, 2.75) is 322 Å². The molecule has 0 aromatic carbocycles. The maximum Gasteiger partial charge on any atom is 0.306 e. The first-order valence-electron chi connectivity index (χ1n) is 29.5. The molecule has 0 radical (unpaired) electrons. The maximum absolute atomic E-state index is 12.8. The molecule has 6 nitrogen and oxygen atoms in total. The molecule has 392 valence electrons. The van der Waals surface area contributed by atoms with Gasteiger partial charge in [0.15, 0.2) is 6.10 Å². The summed E-state index contributed by atoms with van der Waals surface area (Å²) < 4.78 is 16.9. The van der Waals surface area contributed by atoms with Crippen molar-refractivity contribution in [2.75, 3.05) is 13.2 Å². The van der Waals surface area contributed by atoms with Crippen LogP contribution in [-0.2, 0) is 28.6 Å². The summed E-state index contributed by atoms with van der Waals surface area (Å²) in [5.41, 5.74) is 0.